The Kier molecular flexibility index (Phi) is 37.0. The first kappa shape index (κ1) is 102. The van der Waals surface area contributed by atoms with Gasteiger partial charge in [-0.2, -0.15) is 0 Å². The summed E-state index contributed by atoms with van der Waals surface area (Å²) in [6, 6.07) is 27.1. The number of hydrogen-bond donors (Lipinski definition) is 8. The second-order valence-corrected chi connectivity index (χ2v) is 39.3. The van der Waals surface area contributed by atoms with E-state index in [-0.39, 0.29) is 136 Å². The second-order valence-electron chi connectivity index (χ2n) is 37.7. The molecule has 0 radical (unpaired) electrons. The maximum absolute atomic E-state index is 14.6. The van der Waals surface area contributed by atoms with Gasteiger partial charge in [-0.15, -0.1) is 0 Å². The fourth-order valence-corrected chi connectivity index (χ4v) is 18.4. The number of pyridine rings is 4. The Morgan fingerprint density at radius 3 is 1.08 bits per heavy atom. The second kappa shape index (κ2) is 48.2. The summed E-state index contributed by atoms with van der Waals surface area (Å²) in [5.41, 5.74) is 8.62. The van der Waals surface area contributed by atoms with Crippen LogP contribution in [0.2, 0.25) is 20.1 Å². The number of Topliss-reactive ketones (excluding diaryl/α,β-unsaturated/α-hetero) is 4. The number of piperidine rings is 4. The van der Waals surface area contributed by atoms with Crippen LogP contribution in [-0.4, -0.2) is 222 Å². The molecule has 0 amide bonds. The first-order valence-electron chi connectivity index (χ1n) is 46.4. The number of nitrogens with zero attached hydrogens (tertiary/aromatic N) is 4. The summed E-state index contributed by atoms with van der Waals surface area (Å²) >= 11 is 25.7. The Labute approximate surface area is 797 Å². The van der Waals surface area contributed by atoms with E-state index in [1.165, 1.54) is 24.3 Å². The van der Waals surface area contributed by atoms with E-state index >= 15 is 0 Å². The number of rotatable bonds is 29. The molecule has 8 fully saturated rings. The monoisotopic (exact) mass is 1910 g/mol. The van der Waals surface area contributed by atoms with Gasteiger partial charge in [0.25, 0.3) is 0 Å². The largest absolute Gasteiger partial charge is 0.381 e. The number of hydrogen-bond acceptors (Lipinski definition) is 24. The lowest BCUT2D eigenvalue weighted by atomic mass is 9.89. The summed E-state index contributed by atoms with van der Waals surface area (Å²) in [6.45, 7) is 25.7. The van der Waals surface area contributed by atoms with E-state index in [0.717, 1.165) is 148 Å². The van der Waals surface area contributed by atoms with Gasteiger partial charge in [-0.05, 0) is 215 Å². The van der Waals surface area contributed by atoms with E-state index in [2.05, 4.69) is 69.4 Å². The molecule has 0 bridgehead atoms. The van der Waals surface area contributed by atoms with Crippen molar-refractivity contribution in [2.45, 2.75) is 185 Å². The Bertz CT molecular complexity index is 5100. The van der Waals surface area contributed by atoms with E-state index < -0.39 is 0 Å². The molecule has 4 aromatic carbocycles. The Morgan fingerprint density at radius 2 is 0.774 bits per heavy atom. The van der Waals surface area contributed by atoms with Crippen LogP contribution in [0.1, 0.15) is 135 Å². The highest BCUT2D eigenvalue weighted by Gasteiger charge is 2.36. The number of anilines is 4. The molecule has 0 spiro atoms. The van der Waals surface area contributed by atoms with Gasteiger partial charge in [-0.3, -0.25) is 39.1 Å². The highest BCUT2D eigenvalue weighted by atomic mass is 35.5. The fraction of sp³-hybridized carbons (Fsp3) is 0.525. The van der Waals surface area contributed by atoms with E-state index in [9.17, 15) is 36.7 Å². The average Bonchev–Trinajstić information content (AvgIpc) is 0.820. The van der Waals surface area contributed by atoms with Gasteiger partial charge in [-0.1, -0.05) is 70.7 Å². The lowest BCUT2D eigenvalue weighted by Crippen LogP contribution is -2.45. The maximum Gasteiger partial charge on any atom is 0.146 e. The molecule has 8 saturated heterocycles. The highest BCUT2D eigenvalue weighted by molar-refractivity contribution is 6.34. The molecule has 8 aliphatic rings. The van der Waals surface area contributed by atoms with Crippen LogP contribution in [0.25, 0.3) is 44.5 Å². The van der Waals surface area contributed by atoms with Crippen LogP contribution in [-0.2, 0) is 82.8 Å². The van der Waals surface area contributed by atoms with Crippen molar-refractivity contribution >= 4 is 92.3 Å². The molecule has 16 rings (SSSR count). The maximum atomic E-state index is 14.6. The molecule has 133 heavy (non-hydrogen) atoms. The summed E-state index contributed by atoms with van der Waals surface area (Å²) < 4.78 is 104. The van der Waals surface area contributed by atoms with Gasteiger partial charge in [0, 0.05) is 211 Å². The van der Waals surface area contributed by atoms with E-state index in [1.54, 1.807) is 80.4 Å². The molecule has 8 aliphatic heterocycles. The lowest BCUT2D eigenvalue weighted by molar-refractivity contribution is -0.177. The molecular weight excluding hydrogens is 1790 g/mol. The summed E-state index contributed by atoms with van der Waals surface area (Å²) in [4.78, 5) is 68.3. The topological polar surface area (TPSA) is 290 Å². The Morgan fingerprint density at radius 1 is 0.429 bits per heavy atom. The molecule has 8 aromatic rings. The van der Waals surface area contributed by atoms with E-state index in [1.807, 2.05) is 65.8 Å². The van der Waals surface area contributed by atoms with Gasteiger partial charge in [0.05, 0.1) is 123 Å². The number of halogens is 8. The van der Waals surface area contributed by atoms with Gasteiger partial charge in [-0.25, -0.2) is 17.6 Å². The molecule has 0 saturated carbocycles. The third kappa shape index (κ3) is 29.9. The summed E-state index contributed by atoms with van der Waals surface area (Å²) in [7, 11) is 1.68. The number of ether oxygens (including phenoxy) is 8. The van der Waals surface area contributed by atoms with E-state index in [0.29, 0.717) is 157 Å². The molecule has 8 atom stereocenters. The SMILES string of the molecule is CC1(C)COC[C@@H](CNc2cc(-c3cc(CC(=O)[C@@H]4CCCNC4)ncc3Cl)ccc2F)O1.CC1(C)COC[C@H](CNc2cc(-c3cc(CC(=O)[C@@H]4CCCNC4)ncc3Cl)ccc2F)O1.CC1(C)CO[C@H](CNc2cc(-c3cc(CC(=O)[C@@H]4CCCNC4)ncc3Cl)ccc2F)CO1.COC1(CNc2cc(-c3cc(CC(=O)[C@@H]4CC[C@@H](C)NC4)ncc3Cl)ccc2F)CCOCC1. The number of benzene rings is 4. The number of carbonyl (C=O) groups excluding carboxylic acids is 4. The average molecular weight is 1920 g/mol. The molecule has 4 aromatic heterocycles. The normalized spacial score (nSPS) is 22.6. The van der Waals surface area contributed by atoms with Gasteiger partial charge >= 0.3 is 0 Å². The van der Waals surface area contributed by atoms with Crippen LogP contribution >= 0.6 is 46.4 Å². The van der Waals surface area contributed by atoms with Crippen molar-refractivity contribution in [3.05, 3.63) is 188 Å². The van der Waals surface area contributed by atoms with Crippen molar-refractivity contribution in [1.82, 2.24) is 41.2 Å². The molecule has 718 valence electrons. The summed E-state index contributed by atoms with van der Waals surface area (Å²) in [6.07, 6.45) is 15.9. The minimum atomic E-state index is -0.381. The van der Waals surface area contributed by atoms with Crippen molar-refractivity contribution in [2.24, 2.45) is 23.7 Å². The summed E-state index contributed by atoms with van der Waals surface area (Å²) in [5.74, 6) is -0.609. The predicted molar refractivity (Wildman–Crippen MR) is 513 cm³/mol. The third-order valence-corrected chi connectivity index (χ3v) is 26.6. The molecule has 32 heteroatoms. The number of ketones is 4. The molecule has 0 unspecified atom stereocenters. The minimum absolute atomic E-state index is 0.0112. The first-order chi connectivity index (χ1) is 63.8. The smallest absolute Gasteiger partial charge is 0.146 e. The van der Waals surface area contributed by atoms with Crippen molar-refractivity contribution < 1.29 is 74.6 Å². The molecule has 0 aliphatic carbocycles. The zero-order valence-corrected chi connectivity index (χ0v) is 80.2. The van der Waals surface area contributed by atoms with Gasteiger partial charge in [0.1, 0.15) is 46.4 Å². The van der Waals surface area contributed by atoms with Crippen LogP contribution in [0.5, 0.6) is 0 Å². The standard InChI is InChI=1S/C26H33ClFN3O3.3C25H31ClFN3O3/c1-17-3-4-19(14-29-17)25(32)13-20-12-21(22(27)15-30-20)18-5-6-23(28)24(11-18)31-16-26(33-2)7-9-34-10-8-26;1-25(2)15-32-19(14-33-25)12-30-23-8-16(5-6-22(23)27)20-9-18(29-13-21(20)26)10-24(31)17-4-3-7-28-11-17;2*1-25(2)15-32-14-19(33-25)12-30-23-8-16(5-6-22(23)27)20-9-18(29-13-21(20)26)10-24(31)17-4-3-7-28-11-17/h5-6,11-12,15,17,19,29,31H,3-4,7-10,13-14,16H2,1-2H3;3*5-6,8-9,13,17,19,28,30H,3-4,7,10-12,14-15H2,1-2H3/t2*17-,19-;17-,19+;17-,19-/m1111/s1. The van der Waals surface area contributed by atoms with Crippen LogP contribution < -0.4 is 42.5 Å². The van der Waals surface area contributed by atoms with Gasteiger partial charge in [0.15, 0.2) is 0 Å². The van der Waals surface area contributed by atoms with Crippen molar-refractivity contribution in [2.75, 3.05) is 153 Å². The first-order valence-corrected chi connectivity index (χ1v) is 47.9. The van der Waals surface area contributed by atoms with E-state index in [4.69, 9.17) is 84.3 Å². The quantitative estimate of drug-likeness (QED) is 0.0202. The Hall–Kier alpha value is -8.24. The fourth-order valence-electron chi connectivity index (χ4n) is 17.5. The molecule has 12 heterocycles. The summed E-state index contributed by atoms with van der Waals surface area (Å²) in [5, 5.41) is 27.7. The number of aromatic nitrogens is 4. The highest BCUT2D eigenvalue weighted by Crippen LogP contribution is 2.39. The van der Waals surface area contributed by atoms with Crippen molar-refractivity contribution in [3.8, 4) is 44.5 Å². The van der Waals surface area contributed by atoms with Crippen LogP contribution in [0, 0.1) is 46.9 Å². The number of methoxy groups -OCH3 is 1. The zero-order chi connectivity index (χ0) is 94.4. The number of nitrogens with one attached hydrogen (secondary N) is 8. The number of carbonyl (C=O) groups is 4. The molecule has 24 nitrogen and oxygen atoms in total. The predicted octanol–water partition coefficient (Wildman–Crippen LogP) is 17.4. The third-order valence-electron chi connectivity index (χ3n) is 25.4. The van der Waals surface area contributed by atoms with Crippen LogP contribution in [0.4, 0.5) is 40.3 Å². The molecule has 8 N–H and O–H groups in total. The molecular formula is C101H126Cl4F4N12O12. The van der Waals surface area contributed by atoms with Crippen LogP contribution in [0.15, 0.2) is 122 Å². The zero-order valence-electron chi connectivity index (χ0n) is 77.2. The van der Waals surface area contributed by atoms with Crippen molar-refractivity contribution in [3.63, 3.8) is 0 Å². The Balaban J connectivity index is 0.000000151. The van der Waals surface area contributed by atoms with Crippen molar-refractivity contribution in [1.29, 1.82) is 0 Å². The van der Waals surface area contributed by atoms with Gasteiger partial charge in [0.2, 0.25) is 0 Å². The lowest BCUT2D eigenvalue weighted by Gasteiger charge is -2.36. The van der Waals surface area contributed by atoms with Crippen LogP contribution in [0.3, 0.4) is 0 Å². The van der Waals surface area contributed by atoms with Gasteiger partial charge < -0.3 is 80.4 Å². The minimum Gasteiger partial charge on any atom is -0.381 e.